The van der Waals surface area contributed by atoms with Crippen molar-refractivity contribution in [2.24, 2.45) is 0 Å². The summed E-state index contributed by atoms with van der Waals surface area (Å²) in [6.45, 7) is 3.20. The summed E-state index contributed by atoms with van der Waals surface area (Å²) >= 11 is 0. The molecule has 1 N–H and O–H groups in total. The number of furan rings is 1. The van der Waals surface area contributed by atoms with Crippen molar-refractivity contribution in [1.29, 1.82) is 0 Å². The topological polar surface area (TPSA) is 36.6 Å². The molecule has 3 nitrogen and oxygen atoms in total. The number of hydrogen-bond donors (Lipinski definition) is 1. The Balaban J connectivity index is 2.14. The zero-order valence-corrected chi connectivity index (χ0v) is 10.3. The van der Waals surface area contributed by atoms with Crippen molar-refractivity contribution in [1.82, 2.24) is 0 Å². The van der Waals surface area contributed by atoms with E-state index in [1.165, 1.54) is 12.1 Å². The van der Waals surface area contributed by atoms with Crippen LogP contribution in [-0.4, -0.2) is 11.7 Å². The summed E-state index contributed by atoms with van der Waals surface area (Å²) in [6, 6.07) is 10.0. The third-order valence-corrected chi connectivity index (χ3v) is 2.77. The van der Waals surface area contributed by atoms with Gasteiger partial charge in [0, 0.05) is 12.2 Å². The van der Waals surface area contributed by atoms with Crippen molar-refractivity contribution in [3.63, 3.8) is 0 Å². The molecule has 1 heterocycles. The monoisotopic (exact) mass is 249 g/mol. The zero-order valence-electron chi connectivity index (χ0n) is 10.3. The summed E-state index contributed by atoms with van der Waals surface area (Å²) in [5.41, 5.74) is 0.819. The van der Waals surface area contributed by atoms with E-state index >= 15 is 0 Å². The fraction of sp³-hybridized carbons (Fsp3) is 0.286. The summed E-state index contributed by atoms with van der Waals surface area (Å²) in [5, 5.41) is 8.94. The standard InChI is InChI=1S/C14H16FNO2/c1-2-16(12-5-3-4-11(15)8-12)9-13-6-7-14(10-17)18-13/h3-8,17H,2,9-10H2,1H3. The van der Waals surface area contributed by atoms with Gasteiger partial charge in [-0.1, -0.05) is 6.07 Å². The molecule has 96 valence electrons. The minimum atomic E-state index is -0.249. The van der Waals surface area contributed by atoms with Crippen molar-refractivity contribution in [3.8, 4) is 0 Å². The van der Waals surface area contributed by atoms with E-state index in [1.54, 1.807) is 12.1 Å². The van der Waals surface area contributed by atoms with E-state index in [2.05, 4.69) is 0 Å². The third kappa shape index (κ3) is 2.90. The molecule has 0 aliphatic rings. The highest BCUT2D eigenvalue weighted by molar-refractivity contribution is 5.46. The maximum Gasteiger partial charge on any atom is 0.129 e. The van der Waals surface area contributed by atoms with Gasteiger partial charge >= 0.3 is 0 Å². The Kier molecular flexibility index (Phi) is 3.99. The van der Waals surface area contributed by atoms with Crippen molar-refractivity contribution < 1.29 is 13.9 Å². The van der Waals surface area contributed by atoms with E-state index in [0.29, 0.717) is 12.3 Å². The predicted octanol–water partition coefficient (Wildman–Crippen LogP) is 2.94. The lowest BCUT2D eigenvalue weighted by Crippen LogP contribution is -2.21. The van der Waals surface area contributed by atoms with Gasteiger partial charge in [0.1, 0.15) is 23.9 Å². The number of benzene rings is 1. The van der Waals surface area contributed by atoms with Crippen LogP contribution in [0, 0.1) is 5.82 Å². The Morgan fingerprint density at radius 2 is 2.00 bits per heavy atom. The molecule has 1 aromatic heterocycles. The number of nitrogens with zero attached hydrogens (tertiary/aromatic N) is 1. The van der Waals surface area contributed by atoms with Crippen LogP contribution >= 0.6 is 0 Å². The molecular weight excluding hydrogens is 233 g/mol. The van der Waals surface area contributed by atoms with Crippen LogP contribution in [0.5, 0.6) is 0 Å². The third-order valence-electron chi connectivity index (χ3n) is 2.77. The lowest BCUT2D eigenvalue weighted by molar-refractivity contribution is 0.243. The smallest absolute Gasteiger partial charge is 0.129 e. The highest BCUT2D eigenvalue weighted by atomic mass is 19.1. The SMILES string of the molecule is CCN(Cc1ccc(CO)o1)c1cccc(F)c1. The molecule has 0 radical (unpaired) electrons. The Labute approximate surface area is 105 Å². The Morgan fingerprint density at radius 1 is 1.22 bits per heavy atom. The number of halogens is 1. The lowest BCUT2D eigenvalue weighted by atomic mass is 10.2. The summed E-state index contributed by atoms with van der Waals surface area (Å²) < 4.78 is 18.6. The lowest BCUT2D eigenvalue weighted by Gasteiger charge is -2.21. The second-order valence-corrected chi connectivity index (χ2v) is 4.02. The summed E-state index contributed by atoms with van der Waals surface area (Å²) in [7, 11) is 0. The molecule has 0 aliphatic heterocycles. The van der Waals surface area contributed by atoms with Gasteiger partial charge in [0.2, 0.25) is 0 Å². The first-order chi connectivity index (χ1) is 8.72. The maximum absolute atomic E-state index is 13.2. The Bertz CT molecular complexity index is 510. The molecule has 18 heavy (non-hydrogen) atoms. The van der Waals surface area contributed by atoms with Gasteiger partial charge < -0.3 is 14.4 Å². The van der Waals surface area contributed by atoms with Crippen molar-refractivity contribution in [2.45, 2.75) is 20.1 Å². The molecule has 1 aromatic carbocycles. The van der Waals surface area contributed by atoms with Crippen LogP contribution in [0.1, 0.15) is 18.4 Å². The van der Waals surface area contributed by atoms with E-state index in [1.807, 2.05) is 24.0 Å². The fourth-order valence-electron chi connectivity index (χ4n) is 1.84. The van der Waals surface area contributed by atoms with Crippen LogP contribution in [0.4, 0.5) is 10.1 Å². The fourth-order valence-corrected chi connectivity index (χ4v) is 1.84. The highest BCUT2D eigenvalue weighted by Crippen LogP contribution is 2.19. The Hall–Kier alpha value is -1.81. The average molecular weight is 249 g/mol. The molecule has 0 saturated heterocycles. The van der Waals surface area contributed by atoms with Gasteiger partial charge in [-0.05, 0) is 37.3 Å². The van der Waals surface area contributed by atoms with E-state index in [9.17, 15) is 4.39 Å². The minimum absolute atomic E-state index is 0.105. The second-order valence-electron chi connectivity index (χ2n) is 4.02. The average Bonchev–Trinajstić information content (AvgIpc) is 2.83. The molecule has 0 fully saturated rings. The minimum Gasteiger partial charge on any atom is -0.462 e. The van der Waals surface area contributed by atoms with E-state index < -0.39 is 0 Å². The van der Waals surface area contributed by atoms with Crippen LogP contribution in [0.2, 0.25) is 0 Å². The van der Waals surface area contributed by atoms with Gasteiger partial charge in [0.05, 0.1) is 6.54 Å². The molecule has 0 spiro atoms. The highest BCUT2D eigenvalue weighted by Gasteiger charge is 2.09. The van der Waals surface area contributed by atoms with Crippen LogP contribution in [0.15, 0.2) is 40.8 Å². The molecule has 0 bridgehead atoms. The molecule has 0 unspecified atom stereocenters. The van der Waals surface area contributed by atoms with Gasteiger partial charge in [-0.25, -0.2) is 4.39 Å². The van der Waals surface area contributed by atoms with Crippen LogP contribution in [-0.2, 0) is 13.2 Å². The molecule has 0 saturated carbocycles. The maximum atomic E-state index is 13.2. The van der Waals surface area contributed by atoms with E-state index in [4.69, 9.17) is 9.52 Å². The van der Waals surface area contributed by atoms with Gasteiger partial charge in [-0.2, -0.15) is 0 Å². The molecule has 0 aliphatic carbocycles. The number of rotatable bonds is 5. The largest absolute Gasteiger partial charge is 0.462 e. The van der Waals surface area contributed by atoms with Gasteiger partial charge in [-0.15, -0.1) is 0 Å². The van der Waals surface area contributed by atoms with Crippen molar-refractivity contribution in [2.75, 3.05) is 11.4 Å². The van der Waals surface area contributed by atoms with Gasteiger partial charge in [0.15, 0.2) is 0 Å². The van der Waals surface area contributed by atoms with Gasteiger partial charge in [-0.3, -0.25) is 0 Å². The molecule has 4 heteroatoms. The number of aliphatic hydroxyl groups excluding tert-OH is 1. The van der Waals surface area contributed by atoms with Crippen molar-refractivity contribution in [3.05, 3.63) is 53.7 Å². The van der Waals surface area contributed by atoms with Crippen LogP contribution in [0.3, 0.4) is 0 Å². The molecule has 0 amide bonds. The Morgan fingerprint density at radius 3 is 2.61 bits per heavy atom. The van der Waals surface area contributed by atoms with E-state index in [0.717, 1.165) is 18.0 Å². The number of hydrogen-bond acceptors (Lipinski definition) is 3. The number of anilines is 1. The van der Waals surface area contributed by atoms with E-state index in [-0.39, 0.29) is 12.4 Å². The summed E-state index contributed by atoms with van der Waals surface area (Å²) in [5.74, 6) is 1.05. The first-order valence-corrected chi connectivity index (χ1v) is 5.92. The quantitative estimate of drug-likeness (QED) is 0.885. The first-order valence-electron chi connectivity index (χ1n) is 5.92. The summed E-state index contributed by atoms with van der Waals surface area (Å²) in [6.07, 6.45) is 0. The summed E-state index contributed by atoms with van der Waals surface area (Å²) in [4.78, 5) is 2.00. The van der Waals surface area contributed by atoms with Crippen LogP contribution in [0.25, 0.3) is 0 Å². The second kappa shape index (κ2) is 5.69. The molecule has 2 rings (SSSR count). The first kappa shape index (κ1) is 12.6. The normalized spacial score (nSPS) is 10.6. The number of aliphatic hydroxyl groups is 1. The van der Waals surface area contributed by atoms with Gasteiger partial charge in [0.25, 0.3) is 0 Å². The zero-order chi connectivity index (χ0) is 13.0. The molecular formula is C14H16FNO2. The molecule has 2 aromatic rings. The molecule has 0 atom stereocenters. The van der Waals surface area contributed by atoms with Crippen LogP contribution < -0.4 is 4.90 Å². The predicted molar refractivity (Wildman–Crippen MR) is 67.8 cm³/mol. The van der Waals surface area contributed by atoms with Crippen molar-refractivity contribution >= 4 is 5.69 Å².